The summed E-state index contributed by atoms with van der Waals surface area (Å²) in [6, 6.07) is 5.32. The molecule has 20 heavy (non-hydrogen) atoms. The number of amides is 1. The van der Waals surface area contributed by atoms with Crippen LogP contribution in [-0.4, -0.2) is 30.1 Å². The van der Waals surface area contributed by atoms with E-state index in [0.717, 1.165) is 24.7 Å². The number of carboxylic acid groups (broad SMARTS) is 1. The molecule has 3 N–H and O–H groups in total. The molecule has 1 atom stereocenters. The van der Waals surface area contributed by atoms with Gasteiger partial charge >= 0.3 is 5.97 Å². The van der Waals surface area contributed by atoms with E-state index in [0.29, 0.717) is 17.1 Å². The molecule has 1 aliphatic heterocycles. The first-order chi connectivity index (χ1) is 9.47. The molecule has 106 valence electrons. The van der Waals surface area contributed by atoms with Crippen LogP contribution in [0.15, 0.2) is 24.3 Å². The van der Waals surface area contributed by atoms with Crippen molar-refractivity contribution in [1.29, 1.82) is 0 Å². The van der Waals surface area contributed by atoms with Crippen molar-refractivity contribution in [2.75, 3.05) is 18.0 Å². The molecule has 1 aliphatic rings. The normalized spacial score (nSPS) is 18.6. The molecule has 0 bridgehead atoms. The Morgan fingerprint density at radius 3 is 2.75 bits per heavy atom. The Bertz CT molecular complexity index is 572. The number of carbonyl (C=O) groups excluding carboxylic acids is 1. The van der Waals surface area contributed by atoms with Crippen LogP contribution >= 0.6 is 11.6 Å². The molecule has 0 saturated carbocycles. The first kappa shape index (κ1) is 14.4. The van der Waals surface area contributed by atoms with Gasteiger partial charge < -0.3 is 15.7 Å². The third kappa shape index (κ3) is 3.30. The zero-order valence-electron chi connectivity index (χ0n) is 10.8. The van der Waals surface area contributed by atoms with Crippen LogP contribution < -0.4 is 10.6 Å². The number of carbonyl (C=O) groups is 2. The second-order valence-corrected chi connectivity index (χ2v) is 5.12. The van der Waals surface area contributed by atoms with Gasteiger partial charge in [-0.1, -0.05) is 17.7 Å². The maximum absolute atomic E-state index is 11.2. The molecule has 1 aromatic carbocycles. The Hall–Kier alpha value is -2.01. The number of hydrogen-bond donors (Lipinski definition) is 2. The summed E-state index contributed by atoms with van der Waals surface area (Å²) >= 11 is 6.21. The lowest BCUT2D eigenvalue weighted by Gasteiger charge is -2.19. The van der Waals surface area contributed by atoms with Gasteiger partial charge in [0.2, 0.25) is 5.91 Å². The van der Waals surface area contributed by atoms with Crippen LogP contribution in [0.4, 0.5) is 5.69 Å². The number of nitrogens with zero attached hydrogens (tertiary/aromatic N) is 1. The molecular weight excluding hydrogens is 280 g/mol. The third-order valence-corrected chi connectivity index (χ3v) is 3.62. The van der Waals surface area contributed by atoms with E-state index in [1.54, 1.807) is 12.1 Å². The molecule has 1 saturated heterocycles. The largest absolute Gasteiger partial charge is 0.478 e. The highest BCUT2D eigenvalue weighted by atomic mass is 35.5. The number of benzene rings is 1. The molecule has 1 unspecified atom stereocenters. The molecule has 6 heteroatoms. The third-order valence-electron chi connectivity index (χ3n) is 3.32. The number of carboxylic acids is 1. The zero-order valence-corrected chi connectivity index (χ0v) is 11.5. The Labute approximate surface area is 121 Å². The molecule has 1 aromatic rings. The second kappa shape index (κ2) is 5.96. The van der Waals surface area contributed by atoms with E-state index >= 15 is 0 Å². The molecule has 0 aliphatic carbocycles. The lowest BCUT2D eigenvalue weighted by atomic mass is 10.1. The van der Waals surface area contributed by atoms with Gasteiger partial charge in [0.25, 0.3) is 0 Å². The van der Waals surface area contributed by atoms with Crippen molar-refractivity contribution in [3.63, 3.8) is 0 Å². The Kier molecular flexibility index (Phi) is 4.29. The fourth-order valence-corrected chi connectivity index (χ4v) is 2.57. The lowest BCUT2D eigenvalue weighted by Crippen LogP contribution is -2.27. The van der Waals surface area contributed by atoms with Crippen molar-refractivity contribution in [2.45, 2.75) is 6.42 Å². The monoisotopic (exact) mass is 294 g/mol. The number of hydrogen-bond acceptors (Lipinski definition) is 3. The van der Waals surface area contributed by atoms with Gasteiger partial charge in [0.15, 0.2) is 0 Å². The van der Waals surface area contributed by atoms with Gasteiger partial charge in [0.05, 0.1) is 16.6 Å². The fraction of sp³-hybridized carbons (Fsp3) is 0.286. The number of halogens is 1. The van der Waals surface area contributed by atoms with Gasteiger partial charge in [-0.05, 0) is 30.2 Å². The smallest absolute Gasteiger partial charge is 0.328 e. The van der Waals surface area contributed by atoms with Gasteiger partial charge in [0, 0.05) is 19.2 Å². The van der Waals surface area contributed by atoms with Crippen LogP contribution in [0.25, 0.3) is 6.08 Å². The van der Waals surface area contributed by atoms with Gasteiger partial charge in [-0.3, -0.25) is 4.79 Å². The Morgan fingerprint density at radius 2 is 2.20 bits per heavy atom. The standard InChI is InChI=1S/C14H15ClN2O3/c15-11-7-9(2-4-13(18)19)1-3-12(11)17-6-5-10(8-17)14(16)20/h1-4,7,10H,5-6,8H2,(H2,16,20)(H,18,19)/b4-2+. The van der Waals surface area contributed by atoms with Crippen molar-refractivity contribution in [1.82, 2.24) is 0 Å². The van der Waals surface area contributed by atoms with Gasteiger partial charge in [-0.2, -0.15) is 0 Å². The lowest BCUT2D eigenvalue weighted by molar-refractivity contribution is -0.131. The summed E-state index contributed by atoms with van der Waals surface area (Å²) in [4.78, 5) is 23.6. The first-order valence-corrected chi connectivity index (χ1v) is 6.60. The van der Waals surface area contributed by atoms with Gasteiger partial charge in [-0.25, -0.2) is 4.79 Å². The fourth-order valence-electron chi connectivity index (χ4n) is 2.26. The molecule has 0 spiro atoms. The van der Waals surface area contributed by atoms with E-state index in [-0.39, 0.29) is 11.8 Å². The van der Waals surface area contributed by atoms with E-state index in [2.05, 4.69) is 0 Å². The highest BCUT2D eigenvalue weighted by molar-refractivity contribution is 6.33. The summed E-state index contributed by atoms with van der Waals surface area (Å²) in [5, 5.41) is 9.11. The minimum absolute atomic E-state index is 0.141. The summed E-state index contributed by atoms with van der Waals surface area (Å²) in [7, 11) is 0. The molecule has 2 rings (SSSR count). The molecular formula is C14H15ClN2O3. The second-order valence-electron chi connectivity index (χ2n) is 4.72. The first-order valence-electron chi connectivity index (χ1n) is 6.22. The van der Waals surface area contributed by atoms with E-state index in [1.807, 2.05) is 11.0 Å². The van der Waals surface area contributed by atoms with Crippen LogP contribution in [0.1, 0.15) is 12.0 Å². The predicted octanol–water partition coefficient (Wildman–Crippen LogP) is 1.75. The molecule has 1 fully saturated rings. The van der Waals surface area contributed by atoms with E-state index < -0.39 is 5.97 Å². The molecule has 1 heterocycles. The van der Waals surface area contributed by atoms with E-state index in [1.165, 1.54) is 6.08 Å². The number of primary amides is 1. The average molecular weight is 295 g/mol. The molecule has 1 amide bonds. The maximum Gasteiger partial charge on any atom is 0.328 e. The molecule has 0 radical (unpaired) electrons. The number of aliphatic carboxylic acids is 1. The van der Waals surface area contributed by atoms with Crippen molar-refractivity contribution >= 4 is 35.2 Å². The zero-order chi connectivity index (χ0) is 14.7. The average Bonchev–Trinajstić information content (AvgIpc) is 2.86. The molecule has 0 aromatic heterocycles. The predicted molar refractivity (Wildman–Crippen MR) is 77.6 cm³/mol. The minimum Gasteiger partial charge on any atom is -0.478 e. The van der Waals surface area contributed by atoms with E-state index in [9.17, 15) is 9.59 Å². The summed E-state index contributed by atoms with van der Waals surface area (Å²) in [5.74, 6) is -1.43. The van der Waals surface area contributed by atoms with Crippen molar-refractivity contribution < 1.29 is 14.7 Å². The summed E-state index contributed by atoms with van der Waals surface area (Å²) in [5.41, 5.74) is 6.86. The van der Waals surface area contributed by atoms with Crippen LogP contribution in [0.2, 0.25) is 5.02 Å². The SMILES string of the molecule is NC(=O)C1CCN(c2ccc(/C=C/C(=O)O)cc2Cl)C1. The minimum atomic E-state index is -1.01. The summed E-state index contributed by atoms with van der Waals surface area (Å²) in [6.07, 6.45) is 3.27. The topological polar surface area (TPSA) is 83.6 Å². The van der Waals surface area contributed by atoms with Crippen LogP contribution in [0.3, 0.4) is 0 Å². The van der Waals surface area contributed by atoms with Gasteiger partial charge in [-0.15, -0.1) is 0 Å². The van der Waals surface area contributed by atoms with Crippen molar-refractivity contribution in [3.05, 3.63) is 34.9 Å². The van der Waals surface area contributed by atoms with E-state index in [4.69, 9.17) is 22.4 Å². The quantitative estimate of drug-likeness (QED) is 0.829. The highest BCUT2D eigenvalue weighted by Gasteiger charge is 2.27. The Morgan fingerprint density at radius 1 is 1.45 bits per heavy atom. The van der Waals surface area contributed by atoms with Crippen LogP contribution in [-0.2, 0) is 9.59 Å². The molecule has 5 nitrogen and oxygen atoms in total. The van der Waals surface area contributed by atoms with Crippen molar-refractivity contribution in [3.8, 4) is 0 Å². The van der Waals surface area contributed by atoms with Crippen molar-refractivity contribution in [2.24, 2.45) is 11.7 Å². The highest BCUT2D eigenvalue weighted by Crippen LogP contribution is 2.31. The van der Waals surface area contributed by atoms with Crippen LogP contribution in [0, 0.1) is 5.92 Å². The number of rotatable bonds is 4. The number of nitrogens with two attached hydrogens (primary N) is 1. The van der Waals surface area contributed by atoms with Crippen LogP contribution in [0.5, 0.6) is 0 Å². The summed E-state index contributed by atoms with van der Waals surface area (Å²) in [6.45, 7) is 1.30. The Balaban J connectivity index is 2.14. The van der Waals surface area contributed by atoms with Gasteiger partial charge in [0.1, 0.15) is 0 Å². The summed E-state index contributed by atoms with van der Waals surface area (Å²) < 4.78 is 0. The maximum atomic E-state index is 11.2. The number of anilines is 1.